The summed E-state index contributed by atoms with van der Waals surface area (Å²) in [6.07, 6.45) is 2.88. The maximum atomic E-state index is 12.2. The van der Waals surface area contributed by atoms with Gasteiger partial charge in [-0.3, -0.25) is 4.90 Å². The summed E-state index contributed by atoms with van der Waals surface area (Å²) in [5.74, 6) is 0. The summed E-state index contributed by atoms with van der Waals surface area (Å²) < 4.78 is 7.06. The normalized spacial score (nSPS) is 21.0. The van der Waals surface area contributed by atoms with Crippen molar-refractivity contribution in [3.8, 4) is 6.07 Å². The van der Waals surface area contributed by atoms with Gasteiger partial charge in [-0.05, 0) is 30.5 Å². The van der Waals surface area contributed by atoms with Crippen LogP contribution in [-0.4, -0.2) is 33.7 Å². The van der Waals surface area contributed by atoms with Crippen molar-refractivity contribution in [3.63, 3.8) is 0 Å². The van der Waals surface area contributed by atoms with Gasteiger partial charge in [-0.2, -0.15) is 5.26 Å². The largest absolute Gasteiger partial charge is 0.442 e. The van der Waals surface area contributed by atoms with Crippen molar-refractivity contribution < 1.29 is 9.53 Å². The van der Waals surface area contributed by atoms with Crippen molar-refractivity contribution in [3.05, 3.63) is 41.7 Å². The molecule has 0 unspecified atom stereocenters. The minimum Gasteiger partial charge on any atom is -0.442 e. The highest BCUT2D eigenvalue weighted by atomic mass is 16.6. The predicted octanol–water partition coefficient (Wildman–Crippen LogP) is 1.32. The van der Waals surface area contributed by atoms with Crippen molar-refractivity contribution >= 4 is 11.8 Å². The number of anilines is 1. The number of nitrogens with zero attached hydrogens (tertiary/aromatic N) is 5. The molecule has 0 radical (unpaired) electrons. The highest BCUT2D eigenvalue weighted by Crippen LogP contribution is 2.47. The summed E-state index contributed by atoms with van der Waals surface area (Å²) in [6, 6.07) is 9.98. The van der Waals surface area contributed by atoms with Gasteiger partial charge in [0.1, 0.15) is 6.10 Å². The first-order chi connectivity index (χ1) is 12.1. The maximum absolute atomic E-state index is 12.2. The molecule has 1 aromatic carbocycles. The summed E-state index contributed by atoms with van der Waals surface area (Å²) in [7, 11) is 0. The third-order valence-corrected chi connectivity index (χ3v) is 4.76. The van der Waals surface area contributed by atoms with Crippen LogP contribution in [0.5, 0.6) is 0 Å². The zero-order valence-electron chi connectivity index (χ0n) is 13.6. The van der Waals surface area contributed by atoms with Crippen LogP contribution in [0.2, 0.25) is 0 Å². The molecule has 0 spiro atoms. The molecule has 1 aromatic heterocycles. The summed E-state index contributed by atoms with van der Waals surface area (Å²) >= 11 is 0. The van der Waals surface area contributed by atoms with Crippen LogP contribution in [-0.2, 0) is 23.2 Å². The van der Waals surface area contributed by atoms with E-state index >= 15 is 0 Å². The Balaban J connectivity index is 1.44. The van der Waals surface area contributed by atoms with Crippen LogP contribution in [0.3, 0.4) is 0 Å². The number of carbonyl (C=O) groups excluding carboxylic acids is 1. The molecule has 2 fully saturated rings. The number of amides is 1. The van der Waals surface area contributed by atoms with Gasteiger partial charge in [0.25, 0.3) is 0 Å². The van der Waals surface area contributed by atoms with Gasteiger partial charge in [0.05, 0.1) is 30.3 Å². The number of hydrogen-bond acceptors (Lipinski definition) is 6. The van der Waals surface area contributed by atoms with Gasteiger partial charge in [0, 0.05) is 18.4 Å². The zero-order valence-corrected chi connectivity index (χ0v) is 13.6. The van der Waals surface area contributed by atoms with E-state index in [0.29, 0.717) is 25.3 Å². The van der Waals surface area contributed by atoms with E-state index in [9.17, 15) is 10.1 Å². The Morgan fingerprint density at radius 2 is 2.12 bits per heavy atom. The number of nitrogens with two attached hydrogens (primary N) is 1. The summed E-state index contributed by atoms with van der Waals surface area (Å²) in [4.78, 5) is 13.8. The molecule has 25 heavy (non-hydrogen) atoms. The molecule has 128 valence electrons. The second-order valence-electron chi connectivity index (χ2n) is 6.49. The van der Waals surface area contributed by atoms with E-state index < -0.39 is 0 Å². The number of nitriles is 1. The van der Waals surface area contributed by atoms with Crippen molar-refractivity contribution in [2.75, 3.05) is 11.4 Å². The van der Waals surface area contributed by atoms with Crippen LogP contribution in [0.15, 0.2) is 30.5 Å². The first-order valence-corrected chi connectivity index (χ1v) is 8.22. The Bertz CT molecular complexity index is 834. The number of cyclic esters (lactones) is 1. The Kier molecular flexibility index (Phi) is 3.66. The number of ether oxygens (including phenoxy) is 1. The molecule has 2 heterocycles. The zero-order chi connectivity index (χ0) is 17.4. The number of carbonyl (C=O) groups is 1. The van der Waals surface area contributed by atoms with E-state index in [2.05, 4.69) is 16.4 Å². The SMILES string of the molecule is N#CC1(c2ccc(N3C[C@H](Cn4cc(CN)nn4)OC3=O)cc2)CC1. The smallest absolute Gasteiger partial charge is 0.414 e. The lowest BCUT2D eigenvalue weighted by atomic mass is 9.97. The van der Waals surface area contributed by atoms with Crippen LogP contribution in [0.25, 0.3) is 0 Å². The quantitative estimate of drug-likeness (QED) is 0.880. The van der Waals surface area contributed by atoms with Gasteiger partial charge in [-0.15, -0.1) is 5.10 Å². The van der Waals surface area contributed by atoms with Crippen LogP contribution in [0.1, 0.15) is 24.1 Å². The number of aromatic nitrogens is 3. The molecule has 8 nitrogen and oxygen atoms in total. The highest BCUT2D eigenvalue weighted by Gasteiger charge is 2.45. The van der Waals surface area contributed by atoms with Gasteiger partial charge >= 0.3 is 6.09 Å². The predicted molar refractivity (Wildman–Crippen MR) is 88.5 cm³/mol. The lowest BCUT2D eigenvalue weighted by molar-refractivity contribution is 0.129. The van der Waals surface area contributed by atoms with Crippen molar-refractivity contribution in [1.29, 1.82) is 5.26 Å². The average molecular weight is 338 g/mol. The standard InChI is InChI=1S/C17H18N6O2/c18-7-13-8-22(21-20-13)9-15-10-23(16(24)25-15)14-3-1-12(2-4-14)17(11-19)5-6-17/h1-4,8,15H,5-7,9-10,18H2/t15-/m0/s1. The number of rotatable bonds is 5. The molecule has 2 N–H and O–H groups in total. The van der Waals surface area contributed by atoms with Crippen LogP contribution in [0.4, 0.5) is 10.5 Å². The fraction of sp³-hybridized carbons (Fsp3) is 0.412. The van der Waals surface area contributed by atoms with E-state index in [1.165, 1.54) is 0 Å². The van der Waals surface area contributed by atoms with Crippen molar-refractivity contribution in [2.24, 2.45) is 5.73 Å². The van der Waals surface area contributed by atoms with Crippen LogP contribution < -0.4 is 10.6 Å². The van der Waals surface area contributed by atoms with Gasteiger partial charge in [0.2, 0.25) is 0 Å². The average Bonchev–Trinajstić information content (AvgIpc) is 3.17. The molecular formula is C17H18N6O2. The third-order valence-electron chi connectivity index (χ3n) is 4.76. The van der Waals surface area contributed by atoms with E-state index in [0.717, 1.165) is 24.1 Å². The molecular weight excluding hydrogens is 320 g/mol. The molecule has 1 aliphatic carbocycles. The molecule has 2 aliphatic rings. The second kappa shape index (κ2) is 5.86. The minimum atomic E-state index is -0.377. The van der Waals surface area contributed by atoms with E-state index in [1.54, 1.807) is 15.8 Å². The van der Waals surface area contributed by atoms with Gasteiger partial charge in [-0.25, -0.2) is 9.48 Å². The molecule has 1 saturated heterocycles. The Hall–Kier alpha value is -2.92. The number of hydrogen-bond donors (Lipinski definition) is 1. The van der Waals surface area contributed by atoms with Gasteiger partial charge in [0.15, 0.2) is 0 Å². The lowest BCUT2D eigenvalue weighted by Gasteiger charge is -2.14. The molecule has 1 amide bonds. The maximum Gasteiger partial charge on any atom is 0.414 e. The Labute approximate surface area is 144 Å². The summed E-state index contributed by atoms with van der Waals surface area (Å²) in [5, 5.41) is 17.2. The molecule has 8 heteroatoms. The van der Waals surface area contributed by atoms with E-state index in [4.69, 9.17) is 10.5 Å². The Morgan fingerprint density at radius 1 is 1.36 bits per heavy atom. The molecule has 1 saturated carbocycles. The van der Waals surface area contributed by atoms with Gasteiger partial charge < -0.3 is 10.5 Å². The topological polar surface area (TPSA) is 110 Å². The second-order valence-corrected chi connectivity index (χ2v) is 6.49. The van der Waals surface area contributed by atoms with Crippen molar-refractivity contribution in [2.45, 2.75) is 37.5 Å². The molecule has 2 aromatic rings. The minimum absolute atomic E-state index is 0.298. The number of benzene rings is 1. The summed E-state index contributed by atoms with van der Waals surface area (Å²) in [5.41, 5.74) is 7.68. The van der Waals surface area contributed by atoms with E-state index in [-0.39, 0.29) is 17.6 Å². The van der Waals surface area contributed by atoms with Crippen LogP contribution in [0, 0.1) is 11.3 Å². The molecule has 1 atom stereocenters. The molecule has 0 bridgehead atoms. The fourth-order valence-electron chi connectivity index (χ4n) is 3.11. The third kappa shape index (κ3) is 2.83. The lowest BCUT2D eigenvalue weighted by Crippen LogP contribution is -2.26. The monoisotopic (exact) mass is 338 g/mol. The van der Waals surface area contributed by atoms with Crippen molar-refractivity contribution in [1.82, 2.24) is 15.0 Å². The molecule has 1 aliphatic heterocycles. The first kappa shape index (κ1) is 15.6. The Morgan fingerprint density at radius 3 is 2.72 bits per heavy atom. The fourth-order valence-corrected chi connectivity index (χ4v) is 3.11. The highest BCUT2D eigenvalue weighted by molar-refractivity contribution is 5.89. The summed E-state index contributed by atoms with van der Waals surface area (Å²) in [6.45, 7) is 1.21. The van der Waals surface area contributed by atoms with E-state index in [1.807, 2.05) is 24.3 Å². The van der Waals surface area contributed by atoms with Crippen LogP contribution >= 0.6 is 0 Å². The first-order valence-electron chi connectivity index (χ1n) is 8.22. The molecule has 4 rings (SSSR count). The van der Waals surface area contributed by atoms with Gasteiger partial charge in [-0.1, -0.05) is 17.3 Å².